The molecule has 2 rings (SSSR count). The van der Waals surface area contributed by atoms with Crippen LogP contribution in [0.15, 0.2) is 30.4 Å². The highest BCUT2D eigenvalue weighted by atomic mass is 31.2. The van der Waals surface area contributed by atoms with Crippen LogP contribution in [0.1, 0.15) is 58.9 Å². The van der Waals surface area contributed by atoms with E-state index in [1.807, 2.05) is 0 Å². The maximum Gasteiger partial charge on any atom is 0.407 e. The van der Waals surface area contributed by atoms with Crippen LogP contribution in [0.3, 0.4) is 0 Å². The van der Waals surface area contributed by atoms with Crippen molar-refractivity contribution in [2.24, 2.45) is 5.92 Å². The minimum Gasteiger partial charge on any atom is -0.481 e. The average Bonchev–Trinajstić information content (AvgIpc) is 3.11. The van der Waals surface area contributed by atoms with Crippen molar-refractivity contribution < 1.29 is 48.2 Å². The molecule has 0 aliphatic carbocycles. The van der Waals surface area contributed by atoms with E-state index in [1.54, 1.807) is 20.8 Å². The van der Waals surface area contributed by atoms with Crippen LogP contribution in [0.5, 0.6) is 0 Å². The number of hydrogen-bond donors (Lipinski definition) is 5. The lowest BCUT2D eigenvalue weighted by Gasteiger charge is -2.25. The molecule has 1 aromatic rings. The Morgan fingerprint density at radius 3 is 2.25 bits per heavy atom. The number of unbranched alkanes of at least 4 members (excludes halogenated alkanes) is 1. The van der Waals surface area contributed by atoms with E-state index in [0.29, 0.717) is 18.4 Å². The van der Waals surface area contributed by atoms with Gasteiger partial charge in [-0.1, -0.05) is 13.0 Å². The number of imide groups is 1. The molecule has 0 saturated carbocycles. The van der Waals surface area contributed by atoms with Crippen LogP contribution in [0.25, 0.3) is 0 Å². The van der Waals surface area contributed by atoms with Gasteiger partial charge in [-0.3, -0.25) is 28.6 Å². The smallest absolute Gasteiger partial charge is 0.407 e. The molecule has 1 heterocycles. The normalized spacial score (nSPS) is 15.1. The zero-order valence-corrected chi connectivity index (χ0v) is 23.8. The maximum atomic E-state index is 12.6. The topological polar surface area (TPSA) is 200 Å². The van der Waals surface area contributed by atoms with E-state index in [1.165, 1.54) is 37.3 Å². The van der Waals surface area contributed by atoms with Gasteiger partial charge in [0.15, 0.2) is 0 Å². The fourth-order valence-corrected chi connectivity index (χ4v) is 4.67. The van der Waals surface area contributed by atoms with Crippen LogP contribution in [0.4, 0.5) is 10.5 Å². The third-order valence-electron chi connectivity index (χ3n) is 5.85. The van der Waals surface area contributed by atoms with Crippen LogP contribution in [0.2, 0.25) is 0 Å². The van der Waals surface area contributed by atoms with E-state index in [2.05, 4.69) is 10.6 Å². The van der Waals surface area contributed by atoms with Gasteiger partial charge in [-0.25, -0.2) is 4.79 Å². The fourth-order valence-electron chi connectivity index (χ4n) is 3.96. The summed E-state index contributed by atoms with van der Waals surface area (Å²) in [5.74, 6) is -3.25. The molecule has 220 valence electrons. The number of amides is 4. The molecule has 0 radical (unpaired) electrons. The number of rotatable bonds is 13. The van der Waals surface area contributed by atoms with Gasteiger partial charge in [0.1, 0.15) is 5.60 Å². The number of aliphatic carboxylic acids is 1. The Balaban J connectivity index is 2.14. The SMILES string of the molecule is CC(CC(Cc1ccc(P(=O)(O)O)c(NC(=O)CCCCN2C(=O)C=CC2=O)c1)NC(=O)OC(C)(C)C)C(=O)O. The molecule has 13 nitrogen and oxygen atoms in total. The molecule has 1 aromatic carbocycles. The number of carboxylic acid groups (broad SMARTS) is 1. The number of benzene rings is 1. The first-order valence-corrected chi connectivity index (χ1v) is 14.3. The van der Waals surface area contributed by atoms with Gasteiger partial charge in [0.05, 0.1) is 16.9 Å². The zero-order valence-electron chi connectivity index (χ0n) is 22.9. The number of ether oxygens (including phenoxy) is 1. The lowest BCUT2D eigenvalue weighted by atomic mass is 9.96. The molecule has 1 aliphatic rings. The van der Waals surface area contributed by atoms with Crippen molar-refractivity contribution in [1.29, 1.82) is 0 Å². The van der Waals surface area contributed by atoms with Crippen molar-refractivity contribution in [2.75, 3.05) is 11.9 Å². The summed E-state index contributed by atoms with van der Waals surface area (Å²) in [5, 5.41) is 14.1. The molecule has 4 amide bonds. The summed E-state index contributed by atoms with van der Waals surface area (Å²) in [6, 6.07) is 3.27. The van der Waals surface area contributed by atoms with Gasteiger partial charge in [0, 0.05) is 31.2 Å². The summed E-state index contributed by atoms with van der Waals surface area (Å²) < 4.78 is 17.3. The predicted molar refractivity (Wildman–Crippen MR) is 145 cm³/mol. The summed E-state index contributed by atoms with van der Waals surface area (Å²) in [4.78, 5) is 80.3. The molecule has 0 saturated heterocycles. The largest absolute Gasteiger partial charge is 0.481 e. The number of anilines is 1. The van der Waals surface area contributed by atoms with E-state index in [9.17, 15) is 43.4 Å². The summed E-state index contributed by atoms with van der Waals surface area (Å²) in [7, 11) is -4.78. The molecule has 0 fully saturated rings. The molecule has 40 heavy (non-hydrogen) atoms. The third kappa shape index (κ3) is 10.6. The predicted octanol–water partition coefficient (Wildman–Crippen LogP) is 2.07. The molecule has 2 unspecified atom stereocenters. The minimum atomic E-state index is -4.78. The molecule has 0 bridgehead atoms. The molecular weight excluding hydrogens is 545 g/mol. The fraction of sp³-hybridized carbons (Fsp3) is 0.500. The van der Waals surface area contributed by atoms with Crippen molar-refractivity contribution >= 4 is 48.4 Å². The highest BCUT2D eigenvalue weighted by molar-refractivity contribution is 7.60. The van der Waals surface area contributed by atoms with Crippen LogP contribution in [0, 0.1) is 5.92 Å². The third-order valence-corrected chi connectivity index (χ3v) is 6.87. The van der Waals surface area contributed by atoms with Crippen LogP contribution in [-0.2, 0) is 34.9 Å². The molecule has 0 aromatic heterocycles. The number of carbonyl (C=O) groups excluding carboxylic acids is 4. The standard InChI is InChI=1S/C26H36N3O10P/c1-16(24(33)34)13-18(27-25(35)39-26(2,3)4)14-17-8-9-20(40(36,37)38)19(15-17)28-21(30)7-5-6-12-29-22(31)10-11-23(29)32/h8-11,15-16,18H,5-7,12-14H2,1-4H3,(H,27,35)(H,28,30)(H,33,34)(H2,36,37,38). The summed E-state index contributed by atoms with van der Waals surface area (Å²) in [6.45, 7) is 6.67. The van der Waals surface area contributed by atoms with Crippen LogP contribution in [-0.4, -0.2) is 67.8 Å². The molecule has 0 spiro atoms. The Morgan fingerprint density at radius 1 is 1.07 bits per heavy atom. The van der Waals surface area contributed by atoms with Gasteiger partial charge < -0.3 is 30.3 Å². The van der Waals surface area contributed by atoms with Crippen molar-refractivity contribution in [1.82, 2.24) is 10.2 Å². The number of hydrogen-bond acceptors (Lipinski definition) is 7. The van der Waals surface area contributed by atoms with Crippen molar-refractivity contribution in [3.63, 3.8) is 0 Å². The maximum absolute atomic E-state index is 12.6. The molecule has 5 N–H and O–H groups in total. The second-order valence-corrected chi connectivity index (χ2v) is 12.2. The van der Waals surface area contributed by atoms with E-state index in [-0.39, 0.29) is 31.5 Å². The van der Waals surface area contributed by atoms with Gasteiger partial charge in [-0.05, 0) is 64.2 Å². The van der Waals surface area contributed by atoms with E-state index in [0.717, 1.165) is 4.90 Å². The Kier molecular flexibility index (Phi) is 11.2. The lowest BCUT2D eigenvalue weighted by Crippen LogP contribution is -2.41. The first-order chi connectivity index (χ1) is 18.5. The lowest BCUT2D eigenvalue weighted by molar-refractivity contribution is -0.141. The quantitative estimate of drug-likeness (QED) is 0.130. The molecule has 2 atom stereocenters. The monoisotopic (exact) mass is 581 g/mol. The van der Waals surface area contributed by atoms with Gasteiger partial charge in [0.25, 0.3) is 11.8 Å². The van der Waals surface area contributed by atoms with Crippen LogP contribution >= 0.6 is 7.60 Å². The highest BCUT2D eigenvalue weighted by Crippen LogP contribution is 2.37. The van der Waals surface area contributed by atoms with Gasteiger partial charge >= 0.3 is 19.7 Å². The molecule has 14 heteroatoms. The van der Waals surface area contributed by atoms with Gasteiger partial charge in [0.2, 0.25) is 5.91 Å². The average molecular weight is 582 g/mol. The number of nitrogens with one attached hydrogen (secondary N) is 2. The Morgan fingerprint density at radius 2 is 1.70 bits per heavy atom. The Hall–Kier alpha value is -3.54. The first kappa shape index (κ1) is 32.7. The van der Waals surface area contributed by atoms with Gasteiger partial charge in [-0.2, -0.15) is 0 Å². The van der Waals surface area contributed by atoms with E-state index >= 15 is 0 Å². The summed E-state index contributed by atoms with van der Waals surface area (Å²) in [5.41, 5.74) is -0.427. The number of alkyl carbamates (subject to hydrolysis) is 1. The zero-order chi connectivity index (χ0) is 30.3. The van der Waals surface area contributed by atoms with Crippen molar-refractivity contribution in [2.45, 2.75) is 71.4 Å². The number of carbonyl (C=O) groups is 5. The number of nitrogens with zero attached hydrogens (tertiary/aromatic N) is 1. The van der Waals surface area contributed by atoms with Gasteiger partial charge in [-0.15, -0.1) is 0 Å². The second kappa shape index (κ2) is 13.7. The second-order valence-electron chi connectivity index (χ2n) is 10.6. The first-order valence-electron chi connectivity index (χ1n) is 12.7. The summed E-state index contributed by atoms with van der Waals surface area (Å²) >= 11 is 0. The van der Waals surface area contributed by atoms with Crippen molar-refractivity contribution in [3.8, 4) is 0 Å². The molecule has 1 aliphatic heterocycles. The Bertz CT molecular complexity index is 1200. The van der Waals surface area contributed by atoms with E-state index < -0.39 is 60.2 Å². The van der Waals surface area contributed by atoms with Crippen molar-refractivity contribution in [3.05, 3.63) is 35.9 Å². The minimum absolute atomic E-state index is 0.0343. The van der Waals surface area contributed by atoms with Crippen LogP contribution < -0.4 is 15.9 Å². The highest BCUT2D eigenvalue weighted by Gasteiger charge is 2.27. The Labute approximate surface area is 232 Å². The summed E-state index contributed by atoms with van der Waals surface area (Å²) in [6.07, 6.45) is 2.36. The molecular formula is C26H36N3O10P. The van der Waals surface area contributed by atoms with E-state index in [4.69, 9.17) is 4.74 Å². The number of carboxylic acids is 1.